The SMILES string of the molecule is COC1CCC(OC)C(CN)C1. The summed E-state index contributed by atoms with van der Waals surface area (Å²) in [5.41, 5.74) is 5.65. The summed E-state index contributed by atoms with van der Waals surface area (Å²) in [5, 5.41) is 0. The van der Waals surface area contributed by atoms with E-state index in [-0.39, 0.29) is 0 Å². The molecule has 3 atom stereocenters. The van der Waals surface area contributed by atoms with Crippen molar-refractivity contribution in [1.82, 2.24) is 0 Å². The Morgan fingerprint density at radius 3 is 2.50 bits per heavy atom. The molecule has 0 aromatic rings. The van der Waals surface area contributed by atoms with Crippen molar-refractivity contribution >= 4 is 0 Å². The molecule has 3 heteroatoms. The van der Waals surface area contributed by atoms with Crippen LogP contribution in [0.4, 0.5) is 0 Å². The Balaban J connectivity index is 2.41. The second-order valence-electron chi connectivity index (χ2n) is 3.44. The molecule has 1 fully saturated rings. The van der Waals surface area contributed by atoms with Crippen molar-refractivity contribution in [3.8, 4) is 0 Å². The van der Waals surface area contributed by atoms with E-state index in [0.717, 1.165) is 19.3 Å². The third kappa shape index (κ3) is 2.19. The van der Waals surface area contributed by atoms with Gasteiger partial charge in [-0.3, -0.25) is 0 Å². The van der Waals surface area contributed by atoms with Crippen LogP contribution in [-0.2, 0) is 9.47 Å². The average molecular weight is 173 g/mol. The van der Waals surface area contributed by atoms with Gasteiger partial charge in [0, 0.05) is 14.2 Å². The summed E-state index contributed by atoms with van der Waals surface area (Å²) in [5.74, 6) is 0.480. The van der Waals surface area contributed by atoms with Crippen LogP contribution in [0.1, 0.15) is 19.3 Å². The van der Waals surface area contributed by atoms with Crippen molar-refractivity contribution in [2.75, 3.05) is 20.8 Å². The maximum absolute atomic E-state index is 5.65. The number of nitrogens with two attached hydrogens (primary N) is 1. The van der Waals surface area contributed by atoms with E-state index in [0.29, 0.717) is 24.7 Å². The van der Waals surface area contributed by atoms with Gasteiger partial charge in [-0.15, -0.1) is 0 Å². The van der Waals surface area contributed by atoms with Crippen LogP contribution in [0.25, 0.3) is 0 Å². The molecule has 0 aliphatic heterocycles. The Bertz CT molecular complexity index is 130. The molecule has 0 bridgehead atoms. The van der Waals surface area contributed by atoms with E-state index in [1.807, 2.05) is 0 Å². The van der Waals surface area contributed by atoms with E-state index in [1.54, 1.807) is 14.2 Å². The summed E-state index contributed by atoms with van der Waals surface area (Å²) < 4.78 is 10.7. The van der Waals surface area contributed by atoms with Gasteiger partial charge in [0.15, 0.2) is 0 Å². The Labute approximate surface area is 74.2 Å². The van der Waals surface area contributed by atoms with E-state index in [9.17, 15) is 0 Å². The first-order valence-corrected chi connectivity index (χ1v) is 4.57. The van der Waals surface area contributed by atoms with Gasteiger partial charge in [0.25, 0.3) is 0 Å². The third-order valence-electron chi connectivity index (χ3n) is 2.80. The molecule has 1 aliphatic carbocycles. The zero-order valence-corrected chi connectivity index (χ0v) is 7.95. The normalized spacial score (nSPS) is 36.8. The minimum Gasteiger partial charge on any atom is -0.381 e. The molecule has 1 aliphatic rings. The molecule has 0 aromatic carbocycles. The molecule has 1 saturated carbocycles. The molecule has 0 saturated heterocycles. The molecule has 1 rings (SSSR count). The van der Waals surface area contributed by atoms with Crippen LogP contribution in [0.5, 0.6) is 0 Å². The van der Waals surface area contributed by atoms with Crippen LogP contribution in [0.2, 0.25) is 0 Å². The fourth-order valence-corrected chi connectivity index (χ4v) is 1.97. The second kappa shape index (κ2) is 4.80. The molecule has 0 spiro atoms. The van der Waals surface area contributed by atoms with Crippen LogP contribution < -0.4 is 5.73 Å². The van der Waals surface area contributed by atoms with Gasteiger partial charge in [0.2, 0.25) is 0 Å². The Morgan fingerprint density at radius 2 is 2.00 bits per heavy atom. The number of hydrogen-bond acceptors (Lipinski definition) is 3. The van der Waals surface area contributed by atoms with Crippen LogP contribution in [0.3, 0.4) is 0 Å². The third-order valence-corrected chi connectivity index (χ3v) is 2.80. The molecule has 12 heavy (non-hydrogen) atoms. The molecule has 2 N–H and O–H groups in total. The lowest BCUT2D eigenvalue weighted by Gasteiger charge is -2.33. The van der Waals surface area contributed by atoms with Crippen molar-refractivity contribution in [3.05, 3.63) is 0 Å². The topological polar surface area (TPSA) is 44.5 Å². The Hall–Kier alpha value is -0.120. The molecule has 3 nitrogen and oxygen atoms in total. The van der Waals surface area contributed by atoms with Crippen molar-refractivity contribution in [1.29, 1.82) is 0 Å². The van der Waals surface area contributed by atoms with Crippen LogP contribution in [-0.4, -0.2) is 33.0 Å². The van der Waals surface area contributed by atoms with Gasteiger partial charge in [0.05, 0.1) is 12.2 Å². The van der Waals surface area contributed by atoms with Crippen LogP contribution >= 0.6 is 0 Å². The van der Waals surface area contributed by atoms with Gasteiger partial charge in [-0.1, -0.05) is 0 Å². The Kier molecular flexibility index (Phi) is 3.98. The summed E-state index contributed by atoms with van der Waals surface area (Å²) in [6.45, 7) is 0.707. The van der Waals surface area contributed by atoms with Gasteiger partial charge < -0.3 is 15.2 Å². The maximum Gasteiger partial charge on any atom is 0.0613 e. The highest BCUT2D eigenvalue weighted by Crippen LogP contribution is 2.27. The van der Waals surface area contributed by atoms with E-state index in [2.05, 4.69) is 0 Å². The first kappa shape index (κ1) is 9.96. The average Bonchev–Trinajstić information content (AvgIpc) is 2.16. The minimum absolute atomic E-state index is 0.349. The predicted octanol–water partition coefficient (Wildman–Crippen LogP) is 0.775. The van der Waals surface area contributed by atoms with Crippen molar-refractivity contribution < 1.29 is 9.47 Å². The van der Waals surface area contributed by atoms with E-state index in [4.69, 9.17) is 15.2 Å². The highest BCUT2D eigenvalue weighted by Gasteiger charge is 2.29. The van der Waals surface area contributed by atoms with Gasteiger partial charge >= 0.3 is 0 Å². The van der Waals surface area contributed by atoms with E-state index in [1.165, 1.54) is 0 Å². The van der Waals surface area contributed by atoms with Crippen LogP contribution in [0.15, 0.2) is 0 Å². The largest absolute Gasteiger partial charge is 0.381 e. The fraction of sp³-hybridized carbons (Fsp3) is 1.00. The zero-order chi connectivity index (χ0) is 8.97. The lowest BCUT2D eigenvalue weighted by Crippen LogP contribution is -2.38. The zero-order valence-electron chi connectivity index (χ0n) is 7.95. The monoisotopic (exact) mass is 173 g/mol. The number of rotatable bonds is 3. The molecule has 0 aromatic heterocycles. The molecule has 0 amide bonds. The molecule has 0 heterocycles. The second-order valence-corrected chi connectivity index (χ2v) is 3.44. The predicted molar refractivity (Wildman–Crippen MR) is 48.0 cm³/mol. The quantitative estimate of drug-likeness (QED) is 0.685. The molecular formula is C9H19NO2. The molecule has 72 valence electrons. The van der Waals surface area contributed by atoms with Crippen molar-refractivity contribution in [2.45, 2.75) is 31.5 Å². The molecular weight excluding hydrogens is 154 g/mol. The fourth-order valence-electron chi connectivity index (χ4n) is 1.97. The van der Waals surface area contributed by atoms with Crippen molar-refractivity contribution in [2.24, 2.45) is 11.7 Å². The highest BCUT2D eigenvalue weighted by molar-refractivity contribution is 4.81. The van der Waals surface area contributed by atoms with Gasteiger partial charge in [-0.05, 0) is 31.7 Å². The lowest BCUT2D eigenvalue weighted by molar-refractivity contribution is -0.0311. The van der Waals surface area contributed by atoms with E-state index >= 15 is 0 Å². The molecule has 3 unspecified atom stereocenters. The number of methoxy groups -OCH3 is 2. The highest BCUT2D eigenvalue weighted by atomic mass is 16.5. The van der Waals surface area contributed by atoms with Gasteiger partial charge in [-0.2, -0.15) is 0 Å². The standard InChI is InChI=1S/C9H19NO2/c1-11-8-3-4-9(12-2)7(5-8)6-10/h7-9H,3-6,10H2,1-2H3. The first-order valence-electron chi connectivity index (χ1n) is 4.57. The lowest BCUT2D eigenvalue weighted by atomic mass is 9.84. The number of ether oxygens (including phenoxy) is 2. The van der Waals surface area contributed by atoms with Crippen LogP contribution in [0, 0.1) is 5.92 Å². The first-order chi connectivity index (χ1) is 5.81. The van der Waals surface area contributed by atoms with Gasteiger partial charge in [0.1, 0.15) is 0 Å². The maximum atomic E-state index is 5.65. The Morgan fingerprint density at radius 1 is 1.25 bits per heavy atom. The smallest absolute Gasteiger partial charge is 0.0613 e. The summed E-state index contributed by atoms with van der Waals surface area (Å²) in [6.07, 6.45) is 3.97. The molecule has 0 radical (unpaired) electrons. The minimum atomic E-state index is 0.349. The number of hydrogen-bond donors (Lipinski definition) is 1. The van der Waals surface area contributed by atoms with Crippen molar-refractivity contribution in [3.63, 3.8) is 0 Å². The van der Waals surface area contributed by atoms with E-state index < -0.39 is 0 Å². The summed E-state index contributed by atoms with van der Waals surface area (Å²) >= 11 is 0. The van der Waals surface area contributed by atoms with Gasteiger partial charge in [-0.25, -0.2) is 0 Å². The summed E-state index contributed by atoms with van der Waals surface area (Å²) in [6, 6.07) is 0. The summed E-state index contributed by atoms with van der Waals surface area (Å²) in [7, 11) is 3.53. The summed E-state index contributed by atoms with van der Waals surface area (Å²) in [4.78, 5) is 0.